The molecule has 2 aromatic carbocycles. The van der Waals surface area contributed by atoms with Crippen LogP contribution >= 0.6 is 22.6 Å². The number of benzene rings is 2. The number of rotatable bonds is 5. The average Bonchev–Trinajstić information content (AvgIpc) is 2.57. The summed E-state index contributed by atoms with van der Waals surface area (Å²) in [5, 5.41) is 2.76. The Kier molecular flexibility index (Phi) is 5.97. The first-order chi connectivity index (χ1) is 11.3. The Morgan fingerprint density at radius 2 is 1.92 bits per heavy atom. The predicted molar refractivity (Wildman–Crippen MR) is 100 cm³/mol. The molecule has 0 atom stereocenters. The van der Waals surface area contributed by atoms with Crippen molar-refractivity contribution in [2.45, 2.75) is 11.8 Å². The number of carbonyl (C=O) groups is 1. The summed E-state index contributed by atoms with van der Waals surface area (Å²) in [6, 6.07) is 11.4. The van der Waals surface area contributed by atoms with E-state index in [1.165, 1.54) is 32.4 Å². The van der Waals surface area contributed by atoms with Crippen molar-refractivity contribution in [3.63, 3.8) is 0 Å². The van der Waals surface area contributed by atoms with Crippen LogP contribution in [-0.2, 0) is 14.9 Å². The standard InChI is InChI=1S/C16H17IN2O4S/c1-11-7-8-13(10-15(11)17)18-16(20)12-5-4-6-14(9-12)24(21,22)19(2)23-3/h4-10H,1-3H3,(H,18,20). The number of hydrogen-bond acceptors (Lipinski definition) is 4. The molecule has 6 nitrogen and oxygen atoms in total. The first kappa shape index (κ1) is 18.8. The van der Waals surface area contributed by atoms with Crippen LogP contribution in [0.5, 0.6) is 0 Å². The average molecular weight is 460 g/mol. The van der Waals surface area contributed by atoms with Crippen LogP contribution in [0, 0.1) is 10.5 Å². The third-order valence-corrected chi connectivity index (χ3v) is 6.26. The zero-order chi connectivity index (χ0) is 17.9. The summed E-state index contributed by atoms with van der Waals surface area (Å²) in [6.07, 6.45) is 0. The number of carbonyl (C=O) groups excluding carboxylic acids is 1. The van der Waals surface area contributed by atoms with Gasteiger partial charge < -0.3 is 5.32 Å². The summed E-state index contributed by atoms with van der Waals surface area (Å²) < 4.78 is 26.3. The van der Waals surface area contributed by atoms with Gasteiger partial charge in [-0.25, -0.2) is 8.42 Å². The van der Waals surface area contributed by atoms with Gasteiger partial charge in [0.1, 0.15) is 0 Å². The summed E-state index contributed by atoms with van der Waals surface area (Å²) in [5.41, 5.74) is 2.01. The molecule has 8 heteroatoms. The van der Waals surface area contributed by atoms with E-state index < -0.39 is 10.0 Å². The molecule has 24 heavy (non-hydrogen) atoms. The van der Waals surface area contributed by atoms with Gasteiger partial charge in [0.05, 0.1) is 12.0 Å². The molecule has 2 aromatic rings. The summed E-state index contributed by atoms with van der Waals surface area (Å²) in [6.45, 7) is 1.98. The second-order valence-electron chi connectivity index (χ2n) is 5.04. The summed E-state index contributed by atoms with van der Waals surface area (Å²) in [4.78, 5) is 17.1. The van der Waals surface area contributed by atoms with Crippen LogP contribution in [0.3, 0.4) is 0 Å². The second kappa shape index (κ2) is 7.60. The monoisotopic (exact) mass is 460 g/mol. The molecule has 1 amide bonds. The van der Waals surface area contributed by atoms with Crippen LogP contribution < -0.4 is 5.32 Å². The van der Waals surface area contributed by atoms with E-state index in [2.05, 4.69) is 27.9 Å². The molecule has 0 aliphatic carbocycles. The number of aryl methyl sites for hydroxylation is 1. The molecule has 2 rings (SSSR count). The van der Waals surface area contributed by atoms with Gasteiger partial charge in [-0.1, -0.05) is 16.6 Å². The smallest absolute Gasteiger partial charge is 0.264 e. The number of halogens is 1. The van der Waals surface area contributed by atoms with Crippen molar-refractivity contribution in [2.24, 2.45) is 0 Å². The number of amides is 1. The minimum atomic E-state index is -3.80. The van der Waals surface area contributed by atoms with Crippen molar-refractivity contribution in [1.29, 1.82) is 0 Å². The Bertz CT molecular complexity index is 868. The maximum absolute atomic E-state index is 12.4. The molecule has 1 N–H and O–H groups in total. The molecular weight excluding hydrogens is 443 g/mol. The van der Waals surface area contributed by atoms with Crippen LogP contribution in [0.2, 0.25) is 0 Å². The van der Waals surface area contributed by atoms with Gasteiger partial charge in [-0.2, -0.15) is 0 Å². The molecule has 0 bridgehead atoms. The number of nitrogens with zero attached hydrogens (tertiary/aromatic N) is 1. The van der Waals surface area contributed by atoms with Gasteiger partial charge in [0, 0.05) is 21.9 Å². The molecule has 0 aliphatic heterocycles. The number of anilines is 1. The molecule has 0 aromatic heterocycles. The van der Waals surface area contributed by atoms with Crippen molar-refractivity contribution in [1.82, 2.24) is 4.47 Å². The second-order valence-corrected chi connectivity index (χ2v) is 8.14. The molecular formula is C16H17IN2O4S. The Morgan fingerprint density at radius 1 is 1.21 bits per heavy atom. The first-order valence-electron chi connectivity index (χ1n) is 6.96. The van der Waals surface area contributed by atoms with Crippen molar-refractivity contribution >= 4 is 44.2 Å². The van der Waals surface area contributed by atoms with Gasteiger partial charge in [-0.05, 0) is 65.4 Å². The summed E-state index contributed by atoms with van der Waals surface area (Å²) in [5.74, 6) is -0.383. The lowest BCUT2D eigenvalue weighted by molar-refractivity contribution is -0.0258. The molecule has 0 fully saturated rings. The zero-order valence-electron chi connectivity index (χ0n) is 13.4. The fourth-order valence-corrected chi connectivity index (χ4v) is 3.45. The highest BCUT2D eigenvalue weighted by Gasteiger charge is 2.22. The Morgan fingerprint density at radius 3 is 2.54 bits per heavy atom. The quantitative estimate of drug-likeness (QED) is 0.550. The van der Waals surface area contributed by atoms with Crippen LogP contribution in [0.25, 0.3) is 0 Å². The van der Waals surface area contributed by atoms with E-state index in [1.807, 2.05) is 19.1 Å². The van der Waals surface area contributed by atoms with E-state index in [0.717, 1.165) is 13.6 Å². The van der Waals surface area contributed by atoms with Crippen molar-refractivity contribution < 1.29 is 18.0 Å². The zero-order valence-corrected chi connectivity index (χ0v) is 16.4. The lowest BCUT2D eigenvalue weighted by Crippen LogP contribution is -2.26. The van der Waals surface area contributed by atoms with Gasteiger partial charge in [-0.15, -0.1) is 0 Å². The lowest BCUT2D eigenvalue weighted by Gasteiger charge is -2.14. The summed E-state index contributed by atoms with van der Waals surface area (Å²) >= 11 is 2.19. The van der Waals surface area contributed by atoms with Crippen LogP contribution in [0.4, 0.5) is 5.69 Å². The fourth-order valence-electron chi connectivity index (χ4n) is 1.92. The maximum Gasteiger partial charge on any atom is 0.264 e. The Hall–Kier alpha value is -1.49. The molecule has 0 aliphatic rings. The highest BCUT2D eigenvalue weighted by atomic mass is 127. The van der Waals surface area contributed by atoms with E-state index in [4.69, 9.17) is 4.84 Å². The molecule has 0 saturated carbocycles. The number of nitrogens with one attached hydrogen (secondary N) is 1. The van der Waals surface area contributed by atoms with Crippen molar-refractivity contribution in [2.75, 3.05) is 19.5 Å². The SMILES string of the molecule is CON(C)S(=O)(=O)c1cccc(C(=O)Nc2ccc(C)c(I)c2)c1. The largest absolute Gasteiger partial charge is 0.322 e. The molecule has 0 heterocycles. The topological polar surface area (TPSA) is 75.7 Å². The van der Waals surface area contributed by atoms with Gasteiger partial charge in [0.25, 0.3) is 15.9 Å². The van der Waals surface area contributed by atoms with Gasteiger partial charge >= 0.3 is 0 Å². The van der Waals surface area contributed by atoms with Gasteiger partial charge in [0.2, 0.25) is 0 Å². The fraction of sp³-hybridized carbons (Fsp3) is 0.188. The molecule has 0 saturated heterocycles. The molecule has 128 valence electrons. The summed E-state index contributed by atoms with van der Waals surface area (Å²) in [7, 11) is -1.26. The van der Waals surface area contributed by atoms with Crippen molar-refractivity contribution in [3.8, 4) is 0 Å². The highest BCUT2D eigenvalue weighted by molar-refractivity contribution is 14.1. The van der Waals surface area contributed by atoms with E-state index in [0.29, 0.717) is 5.69 Å². The third kappa shape index (κ3) is 4.12. The molecule has 0 unspecified atom stereocenters. The first-order valence-corrected chi connectivity index (χ1v) is 9.48. The Labute approximate surface area is 155 Å². The van der Waals surface area contributed by atoms with Crippen LogP contribution in [-0.4, -0.2) is 33.0 Å². The molecule has 0 spiro atoms. The van der Waals surface area contributed by atoms with E-state index in [9.17, 15) is 13.2 Å². The Balaban J connectivity index is 2.28. The number of hydroxylamine groups is 1. The minimum Gasteiger partial charge on any atom is -0.322 e. The lowest BCUT2D eigenvalue weighted by atomic mass is 10.2. The van der Waals surface area contributed by atoms with Gasteiger partial charge in [0.15, 0.2) is 0 Å². The van der Waals surface area contributed by atoms with Gasteiger partial charge in [-0.3, -0.25) is 9.63 Å². The minimum absolute atomic E-state index is 0.0158. The molecule has 0 radical (unpaired) electrons. The van der Waals surface area contributed by atoms with E-state index in [1.54, 1.807) is 12.1 Å². The van der Waals surface area contributed by atoms with Crippen LogP contribution in [0.1, 0.15) is 15.9 Å². The number of sulfonamides is 1. The van der Waals surface area contributed by atoms with Crippen molar-refractivity contribution in [3.05, 3.63) is 57.2 Å². The van der Waals surface area contributed by atoms with E-state index in [-0.39, 0.29) is 16.4 Å². The third-order valence-electron chi connectivity index (χ3n) is 3.42. The van der Waals surface area contributed by atoms with Crippen LogP contribution in [0.15, 0.2) is 47.4 Å². The predicted octanol–water partition coefficient (Wildman–Crippen LogP) is 3.03. The number of hydrogen-bond donors (Lipinski definition) is 1. The van der Waals surface area contributed by atoms with E-state index >= 15 is 0 Å². The highest BCUT2D eigenvalue weighted by Crippen LogP contribution is 2.19. The maximum atomic E-state index is 12.4. The normalized spacial score (nSPS) is 11.5.